The zero-order valence-electron chi connectivity index (χ0n) is 9.27. The molecule has 1 aliphatic carbocycles. The smallest absolute Gasteiger partial charge is 0.124 e. The Balaban J connectivity index is 2.14. The van der Waals surface area contributed by atoms with Gasteiger partial charge in [0.1, 0.15) is 5.82 Å². The van der Waals surface area contributed by atoms with E-state index in [2.05, 4.69) is 22.9 Å². The molecule has 0 heterocycles. The van der Waals surface area contributed by atoms with Gasteiger partial charge in [0.05, 0.1) is 0 Å². The summed E-state index contributed by atoms with van der Waals surface area (Å²) >= 11 is 9.58. The van der Waals surface area contributed by atoms with Gasteiger partial charge in [-0.05, 0) is 48.8 Å². The number of hydrogen-bond acceptors (Lipinski definition) is 0. The van der Waals surface area contributed by atoms with Crippen molar-refractivity contribution in [2.24, 2.45) is 5.41 Å². The van der Waals surface area contributed by atoms with Gasteiger partial charge in [0, 0.05) is 9.85 Å². The van der Waals surface area contributed by atoms with E-state index in [1.54, 1.807) is 0 Å². The third kappa shape index (κ3) is 2.78. The number of halogens is 3. The molecule has 2 unspecified atom stereocenters. The molecular formula is C13H15BrClF. The van der Waals surface area contributed by atoms with Crippen LogP contribution >= 0.6 is 27.5 Å². The van der Waals surface area contributed by atoms with Crippen LogP contribution in [-0.4, -0.2) is 5.38 Å². The molecule has 1 aromatic rings. The van der Waals surface area contributed by atoms with Gasteiger partial charge in [-0.25, -0.2) is 4.39 Å². The molecule has 88 valence electrons. The molecule has 0 radical (unpaired) electrons. The van der Waals surface area contributed by atoms with Crippen LogP contribution in [0, 0.1) is 11.2 Å². The second-order valence-electron chi connectivity index (χ2n) is 5.06. The quantitative estimate of drug-likeness (QED) is 0.680. The van der Waals surface area contributed by atoms with E-state index >= 15 is 0 Å². The summed E-state index contributed by atoms with van der Waals surface area (Å²) in [5.74, 6) is -0.192. The molecule has 1 aromatic carbocycles. The van der Waals surface area contributed by atoms with Crippen molar-refractivity contribution in [3.8, 4) is 0 Å². The summed E-state index contributed by atoms with van der Waals surface area (Å²) in [4.78, 5) is 0. The standard InChI is InChI=1S/C13H15BrClF/c1-13(5-4-10(15)8-13)7-9-2-3-11(16)6-12(9)14/h2-3,6,10H,4-5,7-8H2,1H3. The molecule has 0 nitrogen and oxygen atoms in total. The van der Waals surface area contributed by atoms with E-state index in [0.29, 0.717) is 5.38 Å². The summed E-state index contributed by atoms with van der Waals surface area (Å²) in [5.41, 5.74) is 1.45. The fraction of sp³-hybridized carbons (Fsp3) is 0.538. The maximum Gasteiger partial charge on any atom is 0.124 e. The largest absolute Gasteiger partial charge is 0.207 e. The molecule has 16 heavy (non-hydrogen) atoms. The summed E-state index contributed by atoms with van der Waals surface area (Å²) in [6.07, 6.45) is 4.28. The Labute approximate surface area is 109 Å². The Hall–Kier alpha value is -0.0800. The maximum atomic E-state index is 13.0. The lowest BCUT2D eigenvalue weighted by Gasteiger charge is -2.24. The highest BCUT2D eigenvalue weighted by atomic mass is 79.9. The molecule has 0 N–H and O–H groups in total. The van der Waals surface area contributed by atoms with Crippen molar-refractivity contribution in [2.45, 2.75) is 38.0 Å². The summed E-state index contributed by atoms with van der Waals surface area (Å²) in [7, 11) is 0. The first kappa shape index (κ1) is 12.4. The van der Waals surface area contributed by atoms with Crippen LogP contribution < -0.4 is 0 Å². The second kappa shape index (κ2) is 4.66. The van der Waals surface area contributed by atoms with Crippen molar-refractivity contribution in [1.82, 2.24) is 0 Å². The van der Waals surface area contributed by atoms with Crippen LogP contribution in [0.4, 0.5) is 4.39 Å². The molecule has 0 spiro atoms. The van der Waals surface area contributed by atoms with Crippen LogP contribution in [0.1, 0.15) is 31.7 Å². The number of rotatable bonds is 2. The highest BCUT2D eigenvalue weighted by molar-refractivity contribution is 9.10. The topological polar surface area (TPSA) is 0 Å². The normalized spacial score (nSPS) is 29.6. The van der Waals surface area contributed by atoms with Crippen LogP contribution in [0.5, 0.6) is 0 Å². The lowest BCUT2D eigenvalue weighted by molar-refractivity contribution is 0.334. The van der Waals surface area contributed by atoms with Gasteiger partial charge in [0.2, 0.25) is 0 Å². The Morgan fingerprint density at radius 1 is 1.56 bits per heavy atom. The lowest BCUT2D eigenvalue weighted by atomic mass is 9.82. The van der Waals surface area contributed by atoms with E-state index in [1.807, 2.05) is 6.07 Å². The highest BCUT2D eigenvalue weighted by Gasteiger charge is 2.34. The van der Waals surface area contributed by atoms with Crippen molar-refractivity contribution < 1.29 is 4.39 Å². The van der Waals surface area contributed by atoms with E-state index in [4.69, 9.17) is 11.6 Å². The number of benzene rings is 1. The van der Waals surface area contributed by atoms with Crippen LogP contribution in [0.3, 0.4) is 0 Å². The van der Waals surface area contributed by atoms with E-state index < -0.39 is 0 Å². The van der Waals surface area contributed by atoms with Crippen molar-refractivity contribution in [2.75, 3.05) is 0 Å². The van der Waals surface area contributed by atoms with Gasteiger partial charge >= 0.3 is 0 Å². The number of alkyl halides is 1. The summed E-state index contributed by atoms with van der Waals surface area (Å²) in [6.45, 7) is 2.27. The predicted molar refractivity (Wildman–Crippen MR) is 69.4 cm³/mol. The van der Waals surface area contributed by atoms with Crippen molar-refractivity contribution in [3.05, 3.63) is 34.1 Å². The minimum absolute atomic E-state index is 0.192. The third-order valence-corrected chi connectivity index (χ3v) is 4.52. The Bertz CT molecular complexity index is 394. The first-order chi connectivity index (χ1) is 7.48. The second-order valence-corrected chi connectivity index (χ2v) is 6.53. The number of hydrogen-bond donors (Lipinski definition) is 0. The minimum atomic E-state index is -0.192. The van der Waals surface area contributed by atoms with Crippen molar-refractivity contribution in [3.63, 3.8) is 0 Å². The molecular weight excluding hydrogens is 290 g/mol. The lowest BCUT2D eigenvalue weighted by Crippen LogP contribution is -2.16. The van der Waals surface area contributed by atoms with Crippen LogP contribution in [0.15, 0.2) is 22.7 Å². The first-order valence-corrected chi connectivity index (χ1v) is 6.79. The predicted octanol–water partition coefficient (Wildman–Crippen LogP) is 4.93. The highest BCUT2D eigenvalue weighted by Crippen LogP contribution is 2.43. The molecule has 0 aliphatic heterocycles. The SMILES string of the molecule is CC1(Cc2ccc(F)cc2Br)CCC(Cl)C1. The molecule has 3 heteroatoms. The Morgan fingerprint density at radius 3 is 2.88 bits per heavy atom. The average molecular weight is 306 g/mol. The van der Waals surface area contributed by atoms with Gasteiger partial charge < -0.3 is 0 Å². The van der Waals surface area contributed by atoms with Gasteiger partial charge in [0.25, 0.3) is 0 Å². The monoisotopic (exact) mass is 304 g/mol. The van der Waals surface area contributed by atoms with E-state index in [0.717, 1.165) is 30.2 Å². The van der Waals surface area contributed by atoms with Crippen LogP contribution in [-0.2, 0) is 6.42 Å². The molecule has 2 rings (SSSR count). The molecule has 1 fully saturated rings. The summed E-state index contributed by atoms with van der Waals surface area (Å²) in [5, 5.41) is 0.309. The van der Waals surface area contributed by atoms with E-state index in [-0.39, 0.29) is 11.2 Å². The zero-order valence-corrected chi connectivity index (χ0v) is 11.6. The fourth-order valence-corrected chi connectivity index (χ4v) is 3.50. The Kier molecular flexibility index (Phi) is 3.60. The molecule has 1 saturated carbocycles. The molecule has 0 amide bonds. The van der Waals surface area contributed by atoms with Crippen LogP contribution in [0.2, 0.25) is 0 Å². The third-order valence-electron chi connectivity index (χ3n) is 3.41. The molecule has 2 atom stereocenters. The first-order valence-electron chi connectivity index (χ1n) is 5.56. The summed E-state index contributed by atoms with van der Waals surface area (Å²) in [6, 6.07) is 4.93. The average Bonchev–Trinajstić information content (AvgIpc) is 2.52. The van der Waals surface area contributed by atoms with E-state index in [9.17, 15) is 4.39 Å². The molecule has 1 aliphatic rings. The molecule has 0 bridgehead atoms. The molecule has 0 aromatic heterocycles. The van der Waals surface area contributed by atoms with Crippen molar-refractivity contribution >= 4 is 27.5 Å². The van der Waals surface area contributed by atoms with Crippen molar-refractivity contribution in [1.29, 1.82) is 0 Å². The fourth-order valence-electron chi connectivity index (χ4n) is 2.53. The van der Waals surface area contributed by atoms with Gasteiger partial charge in [-0.2, -0.15) is 0 Å². The van der Waals surface area contributed by atoms with Gasteiger partial charge in [0.15, 0.2) is 0 Å². The van der Waals surface area contributed by atoms with Gasteiger partial charge in [-0.1, -0.05) is 28.9 Å². The minimum Gasteiger partial charge on any atom is -0.207 e. The van der Waals surface area contributed by atoms with Gasteiger partial charge in [-0.3, -0.25) is 0 Å². The van der Waals surface area contributed by atoms with Gasteiger partial charge in [-0.15, -0.1) is 11.6 Å². The van der Waals surface area contributed by atoms with E-state index in [1.165, 1.54) is 17.7 Å². The summed E-state index contributed by atoms with van der Waals surface area (Å²) < 4.78 is 13.8. The van der Waals surface area contributed by atoms with Crippen LogP contribution in [0.25, 0.3) is 0 Å². The Morgan fingerprint density at radius 2 is 2.31 bits per heavy atom. The zero-order chi connectivity index (χ0) is 11.8. The molecule has 0 saturated heterocycles. The maximum absolute atomic E-state index is 13.0.